The van der Waals surface area contributed by atoms with E-state index in [2.05, 4.69) is 12.2 Å². The number of amides is 1. The maximum Gasteiger partial charge on any atom is 0.236 e. The molecule has 0 aromatic rings. The summed E-state index contributed by atoms with van der Waals surface area (Å²) in [5.41, 5.74) is 0. The summed E-state index contributed by atoms with van der Waals surface area (Å²) < 4.78 is 6.22. The number of halogens is 1. The topological polar surface area (TPSA) is 41.6 Å². The Morgan fingerprint density at radius 2 is 1.65 bits per heavy atom. The van der Waals surface area contributed by atoms with Crippen LogP contribution in [0.4, 0.5) is 0 Å². The van der Waals surface area contributed by atoms with Gasteiger partial charge < -0.3 is 15.0 Å². The number of hydrogen-bond acceptors (Lipinski definition) is 3. The second-order valence-corrected chi connectivity index (χ2v) is 6.13. The van der Waals surface area contributed by atoms with Crippen LogP contribution in [-0.4, -0.2) is 49.7 Å². The van der Waals surface area contributed by atoms with Gasteiger partial charge in [-0.15, -0.1) is 12.4 Å². The summed E-state index contributed by atoms with van der Waals surface area (Å²) in [6.45, 7) is 4.50. The first-order valence-electron chi connectivity index (χ1n) is 7.77. The zero-order valence-electron chi connectivity index (χ0n) is 12.8. The van der Waals surface area contributed by atoms with Crippen molar-refractivity contribution in [3.05, 3.63) is 0 Å². The Balaban J connectivity index is 0.00000200. The summed E-state index contributed by atoms with van der Waals surface area (Å²) in [4.78, 5) is 13.7. The van der Waals surface area contributed by atoms with E-state index in [9.17, 15) is 4.79 Å². The van der Waals surface area contributed by atoms with E-state index in [-0.39, 0.29) is 18.3 Å². The highest BCUT2D eigenvalue weighted by Crippen LogP contribution is 2.28. The smallest absolute Gasteiger partial charge is 0.236 e. The average Bonchev–Trinajstić information content (AvgIpc) is 2.42. The summed E-state index contributed by atoms with van der Waals surface area (Å²) in [5.74, 6) is 1.09. The number of ether oxygens (including phenoxy) is 1. The molecule has 1 N–H and O–H groups in total. The fourth-order valence-electron chi connectivity index (χ4n) is 3.14. The third-order valence-corrected chi connectivity index (χ3v) is 4.47. The standard InChI is InChI=1S/C15H28N2O2.ClH/c1-12-3-5-13(6-4-12)19-14-7-9-17(10-8-14)15(18)11-16-2;/h12-14,16H,3-11H2,1-2H3;1H. The molecule has 1 heterocycles. The molecule has 0 aromatic carbocycles. The van der Waals surface area contributed by atoms with E-state index in [1.165, 1.54) is 25.7 Å². The predicted molar refractivity (Wildman–Crippen MR) is 83.3 cm³/mol. The number of nitrogens with zero attached hydrogens (tertiary/aromatic N) is 1. The van der Waals surface area contributed by atoms with Gasteiger partial charge in [0, 0.05) is 13.1 Å². The van der Waals surface area contributed by atoms with Gasteiger partial charge in [0.15, 0.2) is 0 Å². The summed E-state index contributed by atoms with van der Waals surface area (Å²) in [6.07, 6.45) is 7.91. The number of piperidine rings is 1. The predicted octanol–water partition coefficient (Wildman–Crippen LogP) is 2.21. The van der Waals surface area contributed by atoms with Gasteiger partial charge in [-0.3, -0.25) is 4.79 Å². The van der Waals surface area contributed by atoms with Crippen LogP contribution in [0.25, 0.3) is 0 Å². The molecule has 0 radical (unpaired) electrons. The van der Waals surface area contributed by atoms with Gasteiger partial charge in [0.05, 0.1) is 18.8 Å². The molecule has 2 fully saturated rings. The van der Waals surface area contributed by atoms with Gasteiger partial charge in [0.2, 0.25) is 5.91 Å². The Hall–Kier alpha value is -0.320. The molecular formula is C15H29ClN2O2. The maximum absolute atomic E-state index is 11.8. The molecule has 0 unspecified atom stereocenters. The number of likely N-dealkylation sites (N-methyl/N-ethyl adjacent to an activating group) is 1. The molecule has 2 rings (SSSR count). The molecule has 1 saturated heterocycles. The number of nitrogens with one attached hydrogen (secondary N) is 1. The van der Waals surface area contributed by atoms with Gasteiger partial charge in [-0.2, -0.15) is 0 Å². The lowest BCUT2D eigenvalue weighted by Gasteiger charge is -2.35. The van der Waals surface area contributed by atoms with Crippen LogP contribution >= 0.6 is 12.4 Å². The van der Waals surface area contributed by atoms with E-state index in [4.69, 9.17) is 4.74 Å². The van der Waals surface area contributed by atoms with Crippen LogP contribution in [0, 0.1) is 5.92 Å². The van der Waals surface area contributed by atoms with Gasteiger partial charge in [0.1, 0.15) is 0 Å². The molecule has 0 aromatic heterocycles. The summed E-state index contributed by atoms with van der Waals surface area (Å²) in [6, 6.07) is 0. The summed E-state index contributed by atoms with van der Waals surface area (Å²) in [5, 5.41) is 2.92. The van der Waals surface area contributed by atoms with Crippen LogP contribution in [-0.2, 0) is 9.53 Å². The third kappa shape index (κ3) is 5.23. The zero-order chi connectivity index (χ0) is 13.7. The quantitative estimate of drug-likeness (QED) is 0.866. The van der Waals surface area contributed by atoms with Crippen LogP contribution in [0.15, 0.2) is 0 Å². The van der Waals surface area contributed by atoms with Crippen molar-refractivity contribution < 1.29 is 9.53 Å². The van der Waals surface area contributed by atoms with E-state index >= 15 is 0 Å². The van der Waals surface area contributed by atoms with Gasteiger partial charge in [-0.05, 0) is 51.5 Å². The van der Waals surface area contributed by atoms with Crippen molar-refractivity contribution in [2.24, 2.45) is 5.92 Å². The monoisotopic (exact) mass is 304 g/mol. The van der Waals surface area contributed by atoms with Crippen LogP contribution in [0.3, 0.4) is 0 Å². The molecular weight excluding hydrogens is 276 g/mol. The van der Waals surface area contributed by atoms with Crippen molar-refractivity contribution >= 4 is 18.3 Å². The molecule has 1 aliphatic carbocycles. The second-order valence-electron chi connectivity index (χ2n) is 6.13. The number of hydrogen-bond donors (Lipinski definition) is 1. The minimum absolute atomic E-state index is 0. The molecule has 0 atom stereocenters. The first-order valence-corrected chi connectivity index (χ1v) is 7.77. The highest BCUT2D eigenvalue weighted by atomic mass is 35.5. The fourth-order valence-corrected chi connectivity index (χ4v) is 3.14. The van der Waals surface area contributed by atoms with Crippen molar-refractivity contribution in [3.63, 3.8) is 0 Å². The number of carbonyl (C=O) groups is 1. The Morgan fingerprint density at radius 1 is 1.10 bits per heavy atom. The summed E-state index contributed by atoms with van der Waals surface area (Å²) >= 11 is 0. The van der Waals surface area contributed by atoms with Crippen molar-refractivity contribution in [2.75, 3.05) is 26.7 Å². The number of likely N-dealkylation sites (tertiary alicyclic amines) is 1. The van der Waals surface area contributed by atoms with Gasteiger partial charge in [-0.25, -0.2) is 0 Å². The van der Waals surface area contributed by atoms with Crippen LogP contribution < -0.4 is 5.32 Å². The molecule has 0 bridgehead atoms. The third-order valence-electron chi connectivity index (χ3n) is 4.47. The molecule has 5 heteroatoms. The van der Waals surface area contributed by atoms with Crippen molar-refractivity contribution in [1.82, 2.24) is 10.2 Å². The van der Waals surface area contributed by atoms with E-state index in [1.54, 1.807) is 0 Å². The van der Waals surface area contributed by atoms with E-state index in [0.29, 0.717) is 18.8 Å². The first kappa shape index (κ1) is 17.7. The first-order chi connectivity index (χ1) is 9.19. The minimum Gasteiger partial charge on any atom is -0.375 e. The lowest BCUT2D eigenvalue weighted by Crippen LogP contribution is -2.44. The Bertz CT molecular complexity index is 286. The van der Waals surface area contributed by atoms with Crippen molar-refractivity contribution in [1.29, 1.82) is 0 Å². The van der Waals surface area contributed by atoms with Crippen LogP contribution in [0.2, 0.25) is 0 Å². The summed E-state index contributed by atoms with van der Waals surface area (Å²) in [7, 11) is 1.82. The zero-order valence-corrected chi connectivity index (χ0v) is 13.6. The van der Waals surface area contributed by atoms with Crippen LogP contribution in [0.1, 0.15) is 45.4 Å². The lowest BCUT2D eigenvalue weighted by atomic mass is 9.88. The second kappa shape index (κ2) is 8.85. The Kier molecular flexibility index (Phi) is 7.85. The normalized spacial score (nSPS) is 28.0. The van der Waals surface area contributed by atoms with Crippen molar-refractivity contribution in [2.45, 2.75) is 57.7 Å². The Labute approximate surface area is 129 Å². The molecule has 1 amide bonds. The fraction of sp³-hybridized carbons (Fsp3) is 0.933. The largest absolute Gasteiger partial charge is 0.375 e. The lowest BCUT2D eigenvalue weighted by molar-refractivity contribution is -0.134. The molecule has 2 aliphatic rings. The van der Waals surface area contributed by atoms with E-state index in [0.717, 1.165) is 31.8 Å². The number of carbonyl (C=O) groups excluding carboxylic acids is 1. The molecule has 1 aliphatic heterocycles. The average molecular weight is 305 g/mol. The Morgan fingerprint density at radius 3 is 2.20 bits per heavy atom. The number of rotatable bonds is 4. The highest BCUT2D eigenvalue weighted by molar-refractivity contribution is 5.85. The highest BCUT2D eigenvalue weighted by Gasteiger charge is 2.26. The molecule has 1 saturated carbocycles. The van der Waals surface area contributed by atoms with Crippen LogP contribution in [0.5, 0.6) is 0 Å². The van der Waals surface area contributed by atoms with Gasteiger partial charge in [0.25, 0.3) is 0 Å². The SMILES string of the molecule is CNCC(=O)N1CCC(OC2CCC(C)CC2)CC1.Cl. The van der Waals surface area contributed by atoms with E-state index < -0.39 is 0 Å². The van der Waals surface area contributed by atoms with Gasteiger partial charge in [-0.1, -0.05) is 6.92 Å². The molecule has 4 nitrogen and oxygen atoms in total. The maximum atomic E-state index is 11.8. The minimum atomic E-state index is 0. The van der Waals surface area contributed by atoms with Gasteiger partial charge >= 0.3 is 0 Å². The molecule has 118 valence electrons. The van der Waals surface area contributed by atoms with Crippen molar-refractivity contribution in [3.8, 4) is 0 Å². The molecule has 20 heavy (non-hydrogen) atoms. The molecule has 0 spiro atoms. The van der Waals surface area contributed by atoms with E-state index in [1.807, 2.05) is 11.9 Å².